The Balaban J connectivity index is 1.56. The predicted molar refractivity (Wildman–Crippen MR) is 82.5 cm³/mol. The van der Waals surface area contributed by atoms with Crippen LogP contribution in [-0.4, -0.2) is 22.8 Å². The van der Waals surface area contributed by atoms with Crippen molar-refractivity contribution in [3.05, 3.63) is 23.4 Å². The van der Waals surface area contributed by atoms with Crippen LogP contribution in [0.15, 0.2) is 12.3 Å². The third kappa shape index (κ3) is 2.28. The van der Waals surface area contributed by atoms with E-state index in [9.17, 15) is 9.59 Å². The van der Waals surface area contributed by atoms with Crippen LogP contribution in [0, 0.1) is 11.8 Å². The van der Waals surface area contributed by atoms with Crippen molar-refractivity contribution in [2.45, 2.75) is 51.0 Å². The maximum Gasteiger partial charge on any atom is 0.252 e. The Kier molecular flexibility index (Phi) is 3.36. The number of carbonyl (C=O) groups is 2. The molecule has 0 aromatic carbocycles. The molecular weight excluding hydrogens is 278 g/mol. The summed E-state index contributed by atoms with van der Waals surface area (Å²) in [6, 6.07) is 2.04. The summed E-state index contributed by atoms with van der Waals surface area (Å²) in [5, 5.41) is 5.98. The molecule has 2 N–H and O–H groups in total. The van der Waals surface area contributed by atoms with Gasteiger partial charge in [-0.05, 0) is 43.6 Å². The maximum atomic E-state index is 12.7. The fraction of sp³-hybridized carbons (Fsp3) is 0.588. The van der Waals surface area contributed by atoms with Crippen molar-refractivity contribution in [2.75, 3.05) is 5.32 Å². The molecule has 2 heterocycles. The van der Waals surface area contributed by atoms with Crippen molar-refractivity contribution in [1.82, 2.24) is 10.3 Å². The number of nitrogens with one attached hydrogen (secondary N) is 2. The quantitative estimate of drug-likeness (QED) is 0.880. The smallest absolute Gasteiger partial charge is 0.252 e. The monoisotopic (exact) mass is 299 g/mol. The van der Waals surface area contributed by atoms with Crippen LogP contribution in [0.5, 0.6) is 0 Å². The van der Waals surface area contributed by atoms with Crippen molar-refractivity contribution >= 4 is 17.6 Å². The Morgan fingerprint density at radius 1 is 1.18 bits per heavy atom. The van der Waals surface area contributed by atoms with Gasteiger partial charge in [0.05, 0.1) is 6.42 Å². The molecule has 2 bridgehead atoms. The van der Waals surface area contributed by atoms with Crippen LogP contribution >= 0.6 is 0 Å². The summed E-state index contributed by atoms with van der Waals surface area (Å²) in [5.41, 5.74) is 1.35. The van der Waals surface area contributed by atoms with E-state index in [0.717, 1.165) is 5.56 Å². The van der Waals surface area contributed by atoms with E-state index in [1.807, 2.05) is 0 Å². The second kappa shape index (κ2) is 5.38. The summed E-state index contributed by atoms with van der Waals surface area (Å²) >= 11 is 0. The standard InChI is InChI=1S/C17H21N3O2/c21-14-9-13-12(7-8-18-16(13)19-14)17(22)20-15-10-3-1-4-11(15)6-2-5-10/h7-8,10-11,15H,1-6,9H2,(H,20,22)(H,18,19,21). The number of pyridine rings is 1. The molecule has 2 fully saturated rings. The van der Waals surface area contributed by atoms with E-state index in [1.54, 1.807) is 12.3 Å². The molecule has 22 heavy (non-hydrogen) atoms. The molecule has 2 aliphatic carbocycles. The minimum atomic E-state index is -0.0858. The van der Waals surface area contributed by atoms with Crippen LogP contribution in [0.4, 0.5) is 5.82 Å². The molecule has 1 aromatic heterocycles. The van der Waals surface area contributed by atoms with Gasteiger partial charge in [0, 0.05) is 23.4 Å². The predicted octanol–water partition coefficient (Wildman–Crippen LogP) is 2.27. The topological polar surface area (TPSA) is 71.1 Å². The first-order valence-electron chi connectivity index (χ1n) is 8.31. The average molecular weight is 299 g/mol. The fourth-order valence-electron chi connectivity index (χ4n) is 4.47. The normalized spacial score (nSPS) is 29.6. The molecule has 0 radical (unpaired) electrons. The Hall–Kier alpha value is -1.91. The lowest BCUT2D eigenvalue weighted by Gasteiger charge is -2.43. The summed E-state index contributed by atoms with van der Waals surface area (Å²) in [4.78, 5) is 28.4. The van der Waals surface area contributed by atoms with E-state index in [1.165, 1.54) is 38.5 Å². The molecule has 0 atom stereocenters. The number of carbonyl (C=O) groups excluding carboxylic acids is 2. The second-order valence-corrected chi connectivity index (χ2v) is 6.79. The van der Waals surface area contributed by atoms with Gasteiger partial charge in [-0.3, -0.25) is 9.59 Å². The molecular formula is C17H21N3O2. The zero-order valence-corrected chi connectivity index (χ0v) is 12.6. The number of rotatable bonds is 2. The zero-order valence-electron chi connectivity index (χ0n) is 12.6. The number of nitrogens with zero attached hydrogens (tertiary/aromatic N) is 1. The van der Waals surface area contributed by atoms with E-state index in [4.69, 9.17) is 0 Å². The van der Waals surface area contributed by atoms with E-state index >= 15 is 0 Å². The first-order valence-corrected chi connectivity index (χ1v) is 8.31. The van der Waals surface area contributed by atoms with Crippen LogP contribution < -0.4 is 10.6 Å². The van der Waals surface area contributed by atoms with Crippen LogP contribution in [-0.2, 0) is 11.2 Å². The summed E-state index contributed by atoms with van der Waals surface area (Å²) in [6.45, 7) is 0. The number of amides is 2. The van der Waals surface area contributed by atoms with Gasteiger partial charge in [-0.1, -0.05) is 12.8 Å². The first-order chi connectivity index (χ1) is 10.7. The lowest BCUT2D eigenvalue weighted by Crippen LogP contribution is -2.49. The Morgan fingerprint density at radius 2 is 1.86 bits per heavy atom. The number of fused-ring (bicyclic) bond motifs is 3. The molecule has 0 unspecified atom stereocenters. The first kappa shape index (κ1) is 13.7. The van der Waals surface area contributed by atoms with Crippen molar-refractivity contribution in [3.63, 3.8) is 0 Å². The van der Waals surface area contributed by atoms with Crippen molar-refractivity contribution < 1.29 is 9.59 Å². The summed E-state index contributed by atoms with van der Waals surface area (Å²) in [5.74, 6) is 1.68. The highest BCUT2D eigenvalue weighted by atomic mass is 16.2. The van der Waals surface area contributed by atoms with E-state index in [-0.39, 0.29) is 18.2 Å². The second-order valence-electron chi connectivity index (χ2n) is 6.79. The van der Waals surface area contributed by atoms with Gasteiger partial charge in [0.2, 0.25) is 5.91 Å². The highest BCUT2D eigenvalue weighted by Crippen LogP contribution is 2.40. The number of anilines is 1. The lowest BCUT2D eigenvalue weighted by molar-refractivity contribution is -0.115. The third-order valence-corrected chi connectivity index (χ3v) is 5.51. The summed E-state index contributed by atoms with van der Waals surface area (Å²) < 4.78 is 0. The highest BCUT2D eigenvalue weighted by molar-refractivity contribution is 6.04. The molecule has 2 amide bonds. The molecule has 5 nitrogen and oxygen atoms in total. The van der Waals surface area contributed by atoms with Gasteiger partial charge < -0.3 is 10.6 Å². The van der Waals surface area contributed by atoms with E-state index in [0.29, 0.717) is 29.3 Å². The van der Waals surface area contributed by atoms with Crippen molar-refractivity contribution in [1.29, 1.82) is 0 Å². The Labute approximate surface area is 129 Å². The molecule has 3 aliphatic rings. The maximum absolute atomic E-state index is 12.7. The highest BCUT2D eigenvalue weighted by Gasteiger charge is 2.37. The molecule has 1 aromatic rings. The average Bonchev–Trinajstić information content (AvgIpc) is 2.86. The molecule has 5 heteroatoms. The Morgan fingerprint density at radius 3 is 2.55 bits per heavy atom. The molecule has 116 valence electrons. The Bertz CT molecular complexity index is 606. The van der Waals surface area contributed by atoms with Crippen molar-refractivity contribution in [3.8, 4) is 0 Å². The summed E-state index contributed by atoms with van der Waals surface area (Å²) in [7, 11) is 0. The van der Waals surface area contributed by atoms with E-state index < -0.39 is 0 Å². The van der Waals surface area contributed by atoms with Gasteiger partial charge in [0.15, 0.2) is 0 Å². The third-order valence-electron chi connectivity index (χ3n) is 5.51. The van der Waals surface area contributed by atoms with Gasteiger partial charge >= 0.3 is 0 Å². The van der Waals surface area contributed by atoms with Crippen LogP contribution in [0.3, 0.4) is 0 Å². The number of hydrogen-bond acceptors (Lipinski definition) is 3. The number of aromatic nitrogens is 1. The molecule has 4 rings (SSSR count). The van der Waals surface area contributed by atoms with Crippen LogP contribution in [0.1, 0.15) is 54.4 Å². The fourth-order valence-corrected chi connectivity index (χ4v) is 4.47. The lowest BCUT2D eigenvalue weighted by atomic mass is 9.68. The molecule has 1 aliphatic heterocycles. The van der Waals surface area contributed by atoms with Gasteiger partial charge in [-0.15, -0.1) is 0 Å². The van der Waals surface area contributed by atoms with Gasteiger partial charge in [0.25, 0.3) is 5.91 Å². The van der Waals surface area contributed by atoms with Crippen LogP contribution in [0.2, 0.25) is 0 Å². The minimum Gasteiger partial charge on any atom is -0.349 e. The SMILES string of the molecule is O=C1Cc2c(C(=O)NC3C4CCCC3CCC4)ccnc2N1. The minimum absolute atomic E-state index is 0.0426. The molecule has 0 saturated heterocycles. The summed E-state index contributed by atoms with van der Waals surface area (Å²) in [6.07, 6.45) is 9.37. The molecule has 0 spiro atoms. The zero-order chi connectivity index (χ0) is 15.1. The van der Waals surface area contributed by atoms with Crippen LogP contribution in [0.25, 0.3) is 0 Å². The van der Waals surface area contributed by atoms with Crippen molar-refractivity contribution in [2.24, 2.45) is 11.8 Å². The number of hydrogen-bond donors (Lipinski definition) is 2. The molecule has 2 saturated carbocycles. The van der Waals surface area contributed by atoms with Gasteiger partial charge in [0.1, 0.15) is 5.82 Å². The largest absolute Gasteiger partial charge is 0.349 e. The van der Waals surface area contributed by atoms with Gasteiger partial charge in [-0.2, -0.15) is 0 Å². The van der Waals surface area contributed by atoms with Gasteiger partial charge in [-0.25, -0.2) is 4.98 Å². The van der Waals surface area contributed by atoms with E-state index in [2.05, 4.69) is 15.6 Å².